The van der Waals surface area contributed by atoms with Crippen LogP contribution < -0.4 is 9.80 Å². The Bertz CT molecular complexity index is 1060. The van der Waals surface area contributed by atoms with E-state index in [0.29, 0.717) is 19.1 Å². The molecule has 3 heterocycles. The third kappa shape index (κ3) is 4.87. The van der Waals surface area contributed by atoms with Crippen molar-refractivity contribution in [1.29, 1.82) is 0 Å². The summed E-state index contributed by atoms with van der Waals surface area (Å²) in [6.45, 7) is 2.90. The van der Waals surface area contributed by atoms with Gasteiger partial charge in [0.15, 0.2) is 0 Å². The maximum absolute atomic E-state index is 13.5. The summed E-state index contributed by atoms with van der Waals surface area (Å²) in [5, 5.41) is 0. The van der Waals surface area contributed by atoms with E-state index in [1.807, 2.05) is 50.3 Å². The van der Waals surface area contributed by atoms with Gasteiger partial charge >= 0.3 is 0 Å². The lowest BCUT2D eigenvalue weighted by Gasteiger charge is -2.34. The molecule has 7 nitrogen and oxygen atoms in total. The van der Waals surface area contributed by atoms with E-state index in [-0.39, 0.29) is 11.9 Å². The van der Waals surface area contributed by atoms with Gasteiger partial charge in [-0.2, -0.15) is 0 Å². The Morgan fingerprint density at radius 3 is 2.56 bits per heavy atom. The van der Waals surface area contributed by atoms with Crippen molar-refractivity contribution < 1.29 is 9.13 Å². The van der Waals surface area contributed by atoms with Crippen LogP contribution in [0.5, 0.6) is 0 Å². The molecule has 0 amide bonds. The van der Waals surface area contributed by atoms with Gasteiger partial charge in [0, 0.05) is 71.3 Å². The Hall–Kier alpha value is -3.10. The van der Waals surface area contributed by atoms with Gasteiger partial charge in [0.05, 0.1) is 12.3 Å². The van der Waals surface area contributed by atoms with Gasteiger partial charge in [-0.1, -0.05) is 18.2 Å². The molecule has 0 N–H and O–H groups in total. The molecule has 0 unspecified atom stereocenters. The van der Waals surface area contributed by atoms with E-state index in [4.69, 9.17) is 9.72 Å². The normalized spacial score (nSPS) is 16.7. The summed E-state index contributed by atoms with van der Waals surface area (Å²) in [5.41, 5.74) is 3.72. The molecule has 1 fully saturated rings. The Balaban J connectivity index is 1.64. The summed E-state index contributed by atoms with van der Waals surface area (Å²) in [6, 6.07) is 10.5. The lowest BCUT2D eigenvalue weighted by molar-refractivity contribution is -0.0346. The zero-order valence-electron chi connectivity index (χ0n) is 19.0. The van der Waals surface area contributed by atoms with Crippen LogP contribution in [-0.4, -0.2) is 67.7 Å². The average Bonchev–Trinajstić information content (AvgIpc) is 2.79. The lowest BCUT2D eigenvalue weighted by atomic mass is 10.0. The van der Waals surface area contributed by atoms with Crippen LogP contribution in [0.1, 0.15) is 17.4 Å². The molecule has 0 saturated carbocycles. The molecule has 1 aliphatic heterocycles. The largest absolute Gasteiger partial charge is 0.369 e. The van der Waals surface area contributed by atoms with E-state index in [0.717, 1.165) is 35.7 Å². The Kier molecular flexibility index (Phi) is 6.62. The van der Waals surface area contributed by atoms with E-state index in [9.17, 15) is 4.39 Å². The van der Waals surface area contributed by atoms with Crippen molar-refractivity contribution in [3.8, 4) is 11.1 Å². The van der Waals surface area contributed by atoms with E-state index in [1.165, 1.54) is 17.7 Å². The summed E-state index contributed by atoms with van der Waals surface area (Å²) in [4.78, 5) is 20.1. The fraction of sp³-hybridized carbons (Fsp3) is 0.375. The van der Waals surface area contributed by atoms with Crippen LogP contribution in [0.25, 0.3) is 11.1 Å². The van der Waals surface area contributed by atoms with Gasteiger partial charge in [0.25, 0.3) is 0 Å². The summed E-state index contributed by atoms with van der Waals surface area (Å²) in [7, 11) is 7.84. The molecule has 0 aliphatic carbocycles. The zero-order chi connectivity index (χ0) is 22.7. The molecule has 1 atom stereocenters. The predicted molar refractivity (Wildman–Crippen MR) is 124 cm³/mol. The molecule has 168 valence electrons. The fourth-order valence-corrected chi connectivity index (χ4v) is 3.91. The van der Waals surface area contributed by atoms with Crippen LogP contribution in [-0.2, 0) is 11.3 Å². The first-order valence-corrected chi connectivity index (χ1v) is 10.7. The predicted octanol–water partition coefficient (Wildman–Crippen LogP) is 3.38. The average molecular weight is 437 g/mol. The van der Waals surface area contributed by atoms with Crippen molar-refractivity contribution in [2.24, 2.45) is 0 Å². The number of aromatic nitrogens is 3. The van der Waals surface area contributed by atoms with Crippen LogP contribution in [0.3, 0.4) is 0 Å². The van der Waals surface area contributed by atoms with Crippen LogP contribution >= 0.6 is 0 Å². The van der Waals surface area contributed by atoms with Gasteiger partial charge in [0.1, 0.15) is 17.7 Å². The molecule has 32 heavy (non-hydrogen) atoms. The van der Waals surface area contributed by atoms with Crippen molar-refractivity contribution in [3.05, 3.63) is 65.9 Å². The number of anilines is 2. The number of benzene rings is 1. The van der Waals surface area contributed by atoms with Crippen molar-refractivity contribution in [2.45, 2.75) is 12.6 Å². The molecule has 4 rings (SSSR count). The minimum atomic E-state index is -0.269. The van der Waals surface area contributed by atoms with E-state index < -0.39 is 0 Å². The maximum atomic E-state index is 13.5. The lowest BCUT2D eigenvalue weighted by Crippen LogP contribution is -2.38. The van der Waals surface area contributed by atoms with Crippen molar-refractivity contribution in [1.82, 2.24) is 19.9 Å². The van der Waals surface area contributed by atoms with Gasteiger partial charge in [0.2, 0.25) is 5.95 Å². The van der Waals surface area contributed by atoms with Crippen molar-refractivity contribution >= 4 is 11.8 Å². The number of morpholine rings is 1. The van der Waals surface area contributed by atoms with Crippen molar-refractivity contribution in [2.75, 3.05) is 57.7 Å². The smallest absolute Gasteiger partial charge is 0.225 e. The fourth-order valence-electron chi connectivity index (χ4n) is 3.91. The first-order chi connectivity index (χ1) is 15.4. The highest BCUT2D eigenvalue weighted by Crippen LogP contribution is 2.32. The topological polar surface area (TPSA) is 57.6 Å². The Labute approximate surface area is 188 Å². The summed E-state index contributed by atoms with van der Waals surface area (Å²) in [6.07, 6.45) is 3.41. The van der Waals surface area contributed by atoms with Gasteiger partial charge in [-0.25, -0.2) is 19.3 Å². The molecule has 3 aromatic rings. The van der Waals surface area contributed by atoms with Crippen LogP contribution in [0.2, 0.25) is 0 Å². The molecule has 2 aromatic heterocycles. The molecule has 0 radical (unpaired) electrons. The van der Waals surface area contributed by atoms with Gasteiger partial charge in [-0.3, -0.25) is 4.90 Å². The van der Waals surface area contributed by atoms with E-state index in [2.05, 4.69) is 20.9 Å². The highest BCUT2D eigenvalue weighted by molar-refractivity contribution is 5.66. The Morgan fingerprint density at radius 1 is 1.06 bits per heavy atom. The second-order valence-corrected chi connectivity index (χ2v) is 8.35. The monoisotopic (exact) mass is 436 g/mol. The van der Waals surface area contributed by atoms with Crippen LogP contribution in [0, 0.1) is 5.82 Å². The number of rotatable bonds is 6. The first kappa shape index (κ1) is 22.1. The minimum absolute atomic E-state index is 0.218. The highest BCUT2D eigenvalue weighted by Gasteiger charge is 2.27. The number of ether oxygens (including phenoxy) is 1. The van der Waals surface area contributed by atoms with Gasteiger partial charge in [-0.15, -0.1) is 0 Å². The van der Waals surface area contributed by atoms with E-state index in [1.54, 1.807) is 18.3 Å². The first-order valence-electron chi connectivity index (χ1n) is 10.7. The van der Waals surface area contributed by atoms with Crippen LogP contribution in [0.15, 0.2) is 48.8 Å². The number of halogens is 1. The maximum Gasteiger partial charge on any atom is 0.225 e. The quantitative estimate of drug-likeness (QED) is 0.587. The number of nitrogens with zero attached hydrogens (tertiary/aromatic N) is 6. The minimum Gasteiger partial charge on any atom is -0.369 e. The molecule has 1 aromatic carbocycles. The van der Waals surface area contributed by atoms with Crippen LogP contribution in [0.4, 0.5) is 16.2 Å². The molecule has 1 aliphatic rings. The molecule has 0 spiro atoms. The third-order valence-electron chi connectivity index (χ3n) is 5.50. The molecule has 0 bridgehead atoms. The number of hydrogen-bond donors (Lipinski definition) is 0. The number of pyridine rings is 1. The van der Waals surface area contributed by atoms with Gasteiger partial charge < -0.3 is 14.5 Å². The van der Waals surface area contributed by atoms with Crippen molar-refractivity contribution in [3.63, 3.8) is 0 Å². The van der Waals surface area contributed by atoms with E-state index >= 15 is 0 Å². The summed E-state index contributed by atoms with van der Waals surface area (Å²) in [5.74, 6) is 1.32. The third-order valence-corrected chi connectivity index (χ3v) is 5.50. The standard InChI is InChI=1S/C24H29FN6O/c1-29(2)23-18(6-5-11-26-23)15-31-12-13-32-21(16-31)22-20(14-27-24(28-22)30(3)4)17-7-9-19(25)10-8-17/h5-11,14,21H,12-13,15-16H2,1-4H3/t21-/m1/s1. The summed E-state index contributed by atoms with van der Waals surface area (Å²) < 4.78 is 19.7. The summed E-state index contributed by atoms with van der Waals surface area (Å²) >= 11 is 0. The number of hydrogen-bond acceptors (Lipinski definition) is 7. The second-order valence-electron chi connectivity index (χ2n) is 8.35. The Morgan fingerprint density at radius 2 is 1.84 bits per heavy atom. The SMILES string of the molecule is CN(C)c1ncc(-c2ccc(F)cc2)c([C@H]2CN(Cc3cccnc3N(C)C)CCO2)n1. The zero-order valence-corrected chi connectivity index (χ0v) is 19.0. The second kappa shape index (κ2) is 9.58. The molecular weight excluding hydrogens is 407 g/mol. The highest BCUT2D eigenvalue weighted by atomic mass is 19.1. The molecule has 1 saturated heterocycles. The molecular formula is C24H29FN6O. The molecule has 8 heteroatoms. The van der Waals surface area contributed by atoms with Gasteiger partial charge in [-0.05, 0) is 23.8 Å².